The number of quaternary nitrogens is 1. The van der Waals surface area contributed by atoms with Gasteiger partial charge in [0.1, 0.15) is 6.54 Å². The Morgan fingerprint density at radius 1 is 0.972 bits per heavy atom. The van der Waals surface area contributed by atoms with E-state index in [-0.39, 0.29) is 35.0 Å². The summed E-state index contributed by atoms with van der Waals surface area (Å²) in [5.41, 5.74) is 2.55. The van der Waals surface area contributed by atoms with Gasteiger partial charge >= 0.3 is 5.97 Å². The van der Waals surface area contributed by atoms with Gasteiger partial charge in [-0.2, -0.15) is 0 Å². The monoisotopic (exact) mass is 554 g/mol. The van der Waals surface area contributed by atoms with Gasteiger partial charge in [-0.3, -0.25) is 9.59 Å². The molecular formula is C30H39BrN2O3. The number of fused-ring (bicyclic) bond motifs is 3. The molecule has 1 saturated carbocycles. The quantitative estimate of drug-likeness (QED) is 0.339. The van der Waals surface area contributed by atoms with Crippen LogP contribution in [0.1, 0.15) is 62.5 Å². The molecule has 3 heterocycles. The first-order valence-corrected chi connectivity index (χ1v) is 13.5. The molecule has 4 fully saturated rings. The molecule has 1 amide bonds. The maximum absolute atomic E-state index is 13.9. The third-order valence-corrected chi connectivity index (χ3v) is 8.75. The van der Waals surface area contributed by atoms with E-state index in [1.807, 2.05) is 49.4 Å². The topological polar surface area (TPSA) is 55.4 Å². The lowest BCUT2D eigenvalue weighted by atomic mass is 9.74. The molecule has 0 radical (unpaired) electrons. The number of esters is 1. The number of amides is 1. The van der Waals surface area contributed by atoms with Crippen molar-refractivity contribution in [1.82, 2.24) is 0 Å². The van der Waals surface area contributed by atoms with Crippen LogP contribution in [0.15, 0.2) is 54.6 Å². The number of ether oxygens (including phenoxy) is 1. The van der Waals surface area contributed by atoms with Gasteiger partial charge in [0.15, 0.2) is 12.6 Å². The number of hydrogen-bond acceptors (Lipinski definition) is 3. The van der Waals surface area contributed by atoms with Crippen molar-refractivity contribution >= 4 is 17.6 Å². The van der Waals surface area contributed by atoms with Gasteiger partial charge in [-0.15, -0.1) is 0 Å². The summed E-state index contributed by atoms with van der Waals surface area (Å²) in [6.07, 6.45) is 8.18. The molecule has 6 rings (SSSR count). The first-order chi connectivity index (χ1) is 17.0. The Kier molecular flexibility index (Phi) is 8.56. The molecule has 1 N–H and O–H groups in total. The molecule has 0 aromatic heterocycles. The number of aryl methyl sites for hydroxylation is 1. The van der Waals surface area contributed by atoms with Crippen LogP contribution < -0.4 is 22.3 Å². The highest BCUT2D eigenvalue weighted by atomic mass is 79.9. The van der Waals surface area contributed by atoms with Crippen LogP contribution in [0.4, 0.5) is 5.69 Å². The number of carbonyl (C=O) groups excluding carboxylic acids is 2. The summed E-state index contributed by atoms with van der Waals surface area (Å²) < 4.78 is 7.16. The fourth-order valence-corrected chi connectivity index (χ4v) is 6.76. The van der Waals surface area contributed by atoms with E-state index in [0.717, 1.165) is 79.5 Å². The normalized spacial score (nSPS) is 26.8. The molecule has 2 aromatic carbocycles. The van der Waals surface area contributed by atoms with E-state index in [1.54, 1.807) is 0 Å². The Morgan fingerprint density at radius 2 is 1.67 bits per heavy atom. The molecular weight excluding hydrogens is 516 g/mol. The molecule has 194 valence electrons. The van der Waals surface area contributed by atoms with Crippen LogP contribution in [0.2, 0.25) is 0 Å². The van der Waals surface area contributed by atoms with Crippen molar-refractivity contribution in [3.8, 4) is 0 Å². The van der Waals surface area contributed by atoms with Gasteiger partial charge in [0.2, 0.25) is 0 Å². The van der Waals surface area contributed by atoms with Gasteiger partial charge in [-0.25, -0.2) is 0 Å². The number of benzene rings is 2. The summed E-state index contributed by atoms with van der Waals surface area (Å²) in [7, 11) is 0. The summed E-state index contributed by atoms with van der Waals surface area (Å²) in [6, 6.07) is 18.2. The minimum absolute atomic E-state index is 0. The lowest BCUT2D eigenvalue weighted by Crippen LogP contribution is -3.00. The second-order valence-electron chi connectivity index (χ2n) is 11.2. The zero-order valence-corrected chi connectivity index (χ0v) is 23.0. The van der Waals surface area contributed by atoms with E-state index in [4.69, 9.17) is 4.74 Å². The fraction of sp³-hybridized carbons (Fsp3) is 0.533. The number of hydrogen-bond donors (Lipinski definition) is 1. The molecule has 1 atom stereocenters. The van der Waals surface area contributed by atoms with Crippen LogP contribution in [0.3, 0.4) is 0 Å². The highest BCUT2D eigenvalue weighted by Crippen LogP contribution is 2.42. The first-order valence-electron chi connectivity index (χ1n) is 13.5. The van der Waals surface area contributed by atoms with Gasteiger partial charge in [0, 0.05) is 24.4 Å². The third-order valence-electron chi connectivity index (χ3n) is 8.75. The van der Waals surface area contributed by atoms with Gasteiger partial charge < -0.3 is 31.5 Å². The largest absolute Gasteiger partial charge is 1.00 e. The Bertz CT molecular complexity index is 1040. The maximum Gasteiger partial charge on any atom is 0.317 e. The van der Waals surface area contributed by atoms with Crippen molar-refractivity contribution in [3.05, 3.63) is 65.7 Å². The van der Waals surface area contributed by atoms with Crippen molar-refractivity contribution in [3.63, 3.8) is 0 Å². The zero-order valence-electron chi connectivity index (χ0n) is 21.4. The molecule has 3 aliphatic heterocycles. The van der Waals surface area contributed by atoms with E-state index in [9.17, 15) is 9.59 Å². The molecule has 1 aliphatic carbocycles. The summed E-state index contributed by atoms with van der Waals surface area (Å²) in [5, 5.41) is 3.09. The molecule has 3 saturated heterocycles. The van der Waals surface area contributed by atoms with Crippen molar-refractivity contribution in [2.75, 3.05) is 31.5 Å². The van der Waals surface area contributed by atoms with Crippen LogP contribution in [-0.2, 0) is 19.7 Å². The molecule has 36 heavy (non-hydrogen) atoms. The van der Waals surface area contributed by atoms with Gasteiger partial charge in [-0.1, -0.05) is 68.1 Å². The Labute approximate surface area is 226 Å². The minimum Gasteiger partial charge on any atom is -1.00 e. The van der Waals surface area contributed by atoms with Crippen LogP contribution in [0.25, 0.3) is 0 Å². The minimum atomic E-state index is -0.531. The number of nitrogens with one attached hydrogen (secondary N) is 1. The van der Waals surface area contributed by atoms with E-state index < -0.39 is 5.41 Å². The zero-order chi connectivity index (χ0) is 24.3. The summed E-state index contributed by atoms with van der Waals surface area (Å²) >= 11 is 0. The molecule has 0 spiro atoms. The smallest absolute Gasteiger partial charge is 0.317 e. The molecule has 1 unspecified atom stereocenters. The Morgan fingerprint density at radius 3 is 2.33 bits per heavy atom. The van der Waals surface area contributed by atoms with Crippen molar-refractivity contribution in [1.29, 1.82) is 0 Å². The third kappa shape index (κ3) is 5.70. The molecule has 6 heteroatoms. The number of rotatable bonds is 6. The van der Waals surface area contributed by atoms with Crippen LogP contribution in [0.5, 0.6) is 0 Å². The molecule has 4 aliphatic rings. The molecule has 5 nitrogen and oxygen atoms in total. The number of halogens is 1. The van der Waals surface area contributed by atoms with Gasteiger partial charge in [0.25, 0.3) is 5.91 Å². The lowest BCUT2D eigenvalue weighted by molar-refractivity contribution is -0.939. The van der Waals surface area contributed by atoms with Crippen LogP contribution in [0, 0.1) is 12.8 Å². The second kappa shape index (κ2) is 11.5. The van der Waals surface area contributed by atoms with Crippen molar-refractivity contribution in [2.24, 2.45) is 5.92 Å². The number of piperidine rings is 3. The van der Waals surface area contributed by atoms with Gasteiger partial charge in [-0.05, 0) is 43.0 Å². The summed E-state index contributed by atoms with van der Waals surface area (Å²) in [5.74, 6) is 0.426. The average molecular weight is 556 g/mol. The average Bonchev–Trinajstić information content (AvgIpc) is 3.12. The molecule has 2 aromatic rings. The van der Waals surface area contributed by atoms with Gasteiger partial charge in [0.05, 0.1) is 18.5 Å². The first kappa shape index (κ1) is 26.9. The van der Waals surface area contributed by atoms with E-state index in [0.29, 0.717) is 12.5 Å². The highest BCUT2D eigenvalue weighted by molar-refractivity contribution is 5.91. The number of anilines is 1. The summed E-state index contributed by atoms with van der Waals surface area (Å²) in [6.45, 7) is 5.21. The predicted octanol–water partition coefficient (Wildman–Crippen LogP) is 2.38. The number of carbonyl (C=O) groups is 2. The maximum atomic E-state index is 13.9. The Hall–Kier alpha value is -2.18. The SMILES string of the molecule is Cc1cccc(NC(=O)C[N+]23CCC(CC2)C(OC(=O)C2(c4ccccc4)CCCCCC2)C3)c1.[Br-]. The lowest BCUT2D eigenvalue weighted by Gasteiger charge is -2.52. The molecule has 2 bridgehead atoms. The number of nitrogens with zero attached hydrogens (tertiary/aromatic N) is 1. The Balaban J connectivity index is 0.00000304. The second-order valence-corrected chi connectivity index (χ2v) is 11.2. The van der Waals surface area contributed by atoms with Crippen molar-refractivity contribution in [2.45, 2.75) is 69.8 Å². The predicted molar refractivity (Wildman–Crippen MR) is 138 cm³/mol. The summed E-state index contributed by atoms with van der Waals surface area (Å²) in [4.78, 5) is 26.9. The highest BCUT2D eigenvalue weighted by Gasteiger charge is 2.51. The fourth-order valence-electron chi connectivity index (χ4n) is 6.76. The van der Waals surface area contributed by atoms with Crippen LogP contribution >= 0.6 is 0 Å². The van der Waals surface area contributed by atoms with E-state index in [2.05, 4.69) is 17.4 Å². The van der Waals surface area contributed by atoms with Crippen molar-refractivity contribution < 1.29 is 35.8 Å². The van der Waals surface area contributed by atoms with Crippen LogP contribution in [-0.4, -0.2) is 48.6 Å². The standard InChI is InChI=1S/C30H38N2O3.BrH/c1-23-10-9-13-26(20-23)31-28(33)22-32-18-14-24(15-19-32)27(21-32)35-29(34)30(16-7-2-3-8-17-30)25-11-5-4-6-12-25;/h4-6,9-13,20,24,27H,2-3,7-8,14-19,21-22H2,1H3;1H. The van der Waals surface area contributed by atoms with E-state index in [1.165, 1.54) is 12.8 Å². The van der Waals surface area contributed by atoms with E-state index >= 15 is 0 Å².